The lowest BCUT2D eigenvalue weighted by Gasteiger charge is -2.34. The minimum absolute atomic E-state index is 0. The number of carbonyl (C=O) groups excluding carboxylic acids is 1. The molecule has 0 aromatic carbocycles. The standard InChI is InChI=1S/C20H39N5O.HI/c1-6-21-20(22-13-17(5)24-10-7-16(4)8-11-24)23-18-9-12-25(14-18)19(26)15(2)3;/h15-18H,6-14H2,1-5H3,(H2,21,22,23);1H. The van der Waals surface area contributed by atoms with Crippen LogP contribution in [0.1, 0.15) is 53.9 Å². The molecule has 1 amide bonds. The van der Waals surface area contributed by atoms with Gasteiger partial charge in [-0.25, -0.2) is 0 Å². The van der Waals surface area contributed by atoms with Gasteiger partial charge in [0.15, 0.2) is 5.96 Å². The number of aliphatic imine (C=N–C) groups is 1. The zero-order valence-corrected chi connectivity index (χ0v) is 20.2. The normalized spacial score (nSPS) is 23.3. The van der Waals surface area contributed by atoms with Crippen LogP contribution >= 0.6 is 24.0 Å². The fraction of sp³-hybridized carbons (Fsp3) is 0.900. The third-order valence-electron chi connectivity index (χ3n) is 5.63. The lowest BCUT2D eigenvalue weighted by atomic mass is 9.98. The number of likely N-dealkylation sites (tertiary alicyclic amines) is 2. The zero-order chi connectivity index (χ0) is 19.1. The number of nitrogens with one attached hydrogen (secondary N) is 2. The molecule has 0 aromatic rings. The van der Waals surface area contributed by atoms with Crippen molar-refractivity contribution in [3.63, 3.8) is 0 Å². The van der Waals surface area contributed by atoms with Gasteiger partial charge in [0.2, 0.25) is 5.91 Å². The Balaban J connectivity index is 0.00000364. The summed E-state index contributed by atoms with van der Waals surface area (Å²) in [5.74, 6) is 2.07. The maximum absolute atomic E-state index is 12.2. The van der Waals surface area contributed by atoms with Gasteiger partial charge in [0, 0.05) is 37.6 Å². The van der Waals surface area contributed by atoms with Crippen LogP contribution < -0.4 is 10.6 Å². The fourth-order valence-electron chi connectivity index (χ4n) is 3.76. The van der Waals surface area contributed by atoms with Crippen molar-refractivity contribution in [1.29, 1.82) is 0 Å². The second-order valence-electron chi connectivity index (χ2n) is 8.36. The SMILES string of the molecule is CCNC(=NCC(C)N1CCC(C)CC1)NC1CCN(C(=O)C(C)C)C1.I. The van der Waals surface area contributed by atoms with Gasteiger partial charge in [0.05, 0.1) is 6.54 Å². The van der Waals surface area contributed by atoms with Crippen LogP contribution in [0.25, 0.3) is 0 Å². The average molecular weight is 493 g/mol. The van der Waals surface area contributed by atoms with Crippen LogP contribution in [0.15, 0.2) is 4.99 Å². The Morgan fingerprint density at radius 3 is 2.41 bits per heavy atom. The molecule has 2 rings (SSSR count). The minimum Gasteiger partial charge on any atom is -0.357 e. The number of carbonyl (C=O) groups is 1. The molecule has 0 radical (unpaired) electrons. The first-order chi connectivity index (χ1) is 12.4. The largest absolute Gasteiger partial charge is 0.357 e. The van der Waals surface area contributed by atoms with E-state index in [1.165, 1.54) is 25.9 Å². The van der Waals surface area contributed by atoms with Crippen LogP contribution in [0.2, 0.25) is 0 Å². The maximum Gasteiger partial charge on any atom is 0.225 e. The number of nitrogens with zero attached hydrogens (tertiary/aromatic N) is 3. The van der Waals surface area contributed by atoms with E-state index in [4.69, 9.17) is 4.99 Å². The molecule has 2 aliphatic heterocycles. The van der Waals surface area contributed by atoms with Crippen LogP contribution in [0.4, 0.5) is 0 Å². The zero-order valence-electron chi connectivity index (χ0n) is 17.8. The summed E-state index contributed by atoms with van der Waals surface area (Å²) in [7, 11) is 0. The molecule has 2 N–H and O–H groups in total. The van der Waals surface area contributed by atoms with E-state index in [1.54, 1.807) is 0 Å². The lowest BCUT2D eigenvalue weighted by Crippen LogP contribution is -2.46. The number of piperidine rings is 1. The Hall–Kier alpha value is -0.570. The van der Waals surface area contributed by atoms with Crippen molar-refractivity contribution in [3.8, 4) is 0 Å². The molecule has 0 aliphatic carbocycles. The summed E-state index contributed by atoms with van der Waals surface area (Å²) in [5.41, 5.74) is 0. The molecule has 0 saturated carbocycles. The minimum atomic E-state index is 0. The van der Waals surface area contributed by atoms with Gasteiger partial charge in [-0.2, -0.15) is 0 Å². The monoisotopic (exact) mass is 493 g/mol. The molecule has 6 nitrogen and oxygen atoms in total. The van der Waals surface area contributed by atoms with E-state index in [0.29, 0.717) is 12.1 Å². The van der Waals surface area contributed by atoms with Crippen molar-refractivity contribution in [1.82, 2.24) is 20.4 Å². The van der Waals surface area contributed by atoms with Crippen LogP contribution in [-0.4, -0.2) is 73.0 Å². The summed E-state index contributed by atoms with van der Waals surface area (Å²) in [4.78, 5) is 21.5. The van der Waals surface area contributed by atoms with Crippen molar-refractivity contribution in [2.75, 3.05) is 39.3 Å². The van der Waals surface area contributed by atoms with Crippen LogP contribution in [0.3, 0.4) is 0 Å². The quantitative estimate of drug-likeness (QED) is 0.339. The van der Waals surface area contributed by atoms with E-state index in [0.717, 1.165) is 44.5 Å². The Bertz CT molecular complexity index is 477. The summed E-state index contributed by atoms with van der Waals surface area (Å²) in [5, 5.41) is 6.89. The van der Waals surface area contributed by atoms with Crippen molar-refractivity contribution >= 4 is 35.8 Å². The molecular formula is C20H40IN5O. The van der Waals surface area contributed by atoms with Gasteiger partial charge in [-0.3, -0.25) is 14.7 Å². The molecule has 2 saturated heterocycles. The van der Waals surface area contributed by atoms with Crippen molar-refractivity contribution in [2.24, 2.45) is 16.8 Å². The molecule has 2 unspecified atom stereocenters. The highest BCUT2D eigenvalue weighted by Crippen LogP contribution is 2.18. The third-order valence-corrected chi connectivity index (χ3v) is 5.63. The highest BCUT2D eigenvalue weighted by Gasteiger charge is 2.28. The summed E-state index contributed by atoms with van der Waals surface area (Å²) in [6, 6.07) is 0.766. The van der Waals surface area contributed by atoms with Gasteiger partial charge >= 0.3 is 0 Å². The molecule has 2 atom stereocenters. The van der Waals surface area contributed by atoms with E-state index in [9.17, 15) is 4.79 Å². The Morgan fingerprint density at radius 2 is 1.81 bits per heavy atom. The first kappa shape index (κ1) is 24.5. The summed E-state index contributed by atoms with van der Waals surface area (Å²) < 4.78 is 0. The molecule has 2 heterocycles. The summed E-state index contributed by atoms with van der Waals surface area (Å²) >= 11 is 0. The van der Waals surface area contributed by atoms with E-state index in [-0.39, 0.29) is 35.8 Å². The molecule has 0 aromatic heterocycles. The highest BCUT2D eigenvalue weighted by molar-refractivity contribution is 14.0. The Kier molecular flexibility index (Phi) is 11.0. The number of halogens is 1. The number of hydrogen-bond acceptors (Lipinski definition) is 3. The van der Waals surface area contributed by atoms with Gasteiger partial charge in [-0.1, -0.05) is 20.8 Å². The third kappa shape index (κ3) is 7.75. The van der Waals surface area contributed by atoms with Crippen molar-refractivity contribution in [2.45, 2.75) is 66.0 Å². The molecule has 27 heavy (non-hydrogen) atoms. The van der Waals surface area contributed by atoms with Gasteiger partial charge < -0.3 is 15.5 Å². The van der Waals surface area contributed by atoms with E-state index in [1.807, 2.05) is 18.7 Å². The molecule has 158 valence electrons. The first-order valence-corrected chi connectivity index (χ1v) is 10.5. The molecule has 2 fully saturated rings. The van der Waals surface area contributed by atoms with Crippen LogP contribution in [-0.2, 0) is 4.79 Å². The molecule has 0 spiro atoms. The summed E-state index contributed by atoms with van der Waals surface area (Å²) in [6.45, 7) is 16.3. The smallest absolute Gasteiger partial charge is 0.225 e. The van der Waals surface area contributed by atoms with E-state index in [2.05, 4.69) is 36.3 Å². The molecule has 0 bridgehead atoms. The van der Waals surface area contributed by atoms with Crippen LogP contribution in [0, 0.1) is 11.8 Å². The second-order valence-corrected chi connectivity index (χ2v) is 8.36. The van der Waals surface area contributed by atoms with Crippen molar-refractivity contribution in [3.05, 3.63) is 0 Å². The number of rotatable bonds is 6. The van der Waals surface area contributed by atoms with Gasteiger partial charge in [-0.15, -0.1) is 24.0 Å². The number of amides is 1. The first-order valence-electron chi connectivity index (χ1n) is 10.5. The van der Waals surface area contributed by atoms with Crippen molar-refractivity contribution < 1.29 is 4.79 Å². The fourth-order valence-corrected chi connectivity index (χ4v) is 3.76. The average Bonchev–Trinajstić information content (AvgIpc) is 3.07. The van der Waals surface area contributed by atoms with Gasteiger partial charge in [0.25, 0.3) is 0 Å². The van der Waals surface area contributed by atoms with E-state index < -0.39 is 0 Å². The predicted octanol–water partition coefficient (Wildman–Crippen LogP) is 2.54. The molecular weight excluding hydrogens is 453 g/mol. The molecule has 7 heteroatoms. The maximum atomic E-state index is 12.2. The Labute approximate surface area is 182 Å². The molecule has 2 aliphatic rings. The van der Waals surface area contributed by atoms with Gasteiger partial charge in [0.1, 0.15) is 0 Å². The topological polar surface area (TPSA) is 60.0 Å². The lowest BCUT2D eigenvalue weighted by molar-refractivity contribution is -0.133. The second kappa shape index (κ2) is 12.1. The highest BCUT2D eigenvalue weighted by atomic mass is 127. The van der Waals surface area contributed by atoms with Crippen LogP contribution in [0.5, 0.6) is 0 Å². The Morgan fingerprint density at radius 1 is 1.15 bits per heavy atom. The van der Waals surface area contributed by atoms with Gasteiger partial charge in [-0.05, 0) is 52.1 Å². The number of guanidine groups is 1. The summed E-state index contributed by atoms with van der Waals surface area (Å²) in [6.07, 6.45) is 3.59. The predicted molar refractivity (Wildman–Crippen MR) is 124 cm³/mol. The number of hydrogen-bond donors (Lipinski definition) is 2. The van der Waals surface area contributed by atoms with E-state index >= 15 is 0 Å².